The zero-order valence-corrected chi connectivity index (χ0v) is 15.8. The van der Waals surface area contributed by atoms with Crippen LogP contribution in [0.25, 0.3) is 0 Å². The van der Waals surface area contributed by atoms with Gasteiger partial charge in [-0.05, 0) is 55.8 Å². The van der Waals surface area contributed by atoms with E-state index >= 15 is 0 Å². The predicted octanol–water partition coefficient (Wildman–Crippen LogP) is 3.68. The van der Waals surface area contributed by atoms with Crippen LogP contribution in [0.2, 0.25) is 0 Å². The van der Waals surface area contributed by atoms with Gasteiger partial charge in [-0.3, -0.25) is 9.69 Å². The summed E-state index contributed by atoms with van der Waals surface area (Å²) >= 11 is 1.71. The molecule has 1 aromatic heterocycles. The third-order valence-corrected chi connectivity index (χ3v) is 6.30. The van der Waals surface area contributed by atoms with Crippen molar-refractivity contribution >= 4 is 17.7 Å². The molecule has 0 saturated carbocycles. The van der Waals surface area contributed by atoms with Crippen molar-refractivity contribution in [1.29, 1.82) is 0 Å². The summed E-state index contributed by atoms with van der Waals surface area (Å²) < 4.78 is 0. The topological polar surface area (TPSA) is 36.4 Å². The summed E-state index contributed by atoms with van der Waals surface area (Å²) in [6, 6.07) is 14.6. The highest BCUT2D eigenvalue weighted by Gasteiger charge is 2.35. The van der Waals surface area contributed by atoms with Crippen LogP contribution < -0.4 is 0 Å². The SMILES string of the molecule is O=C(c1ccc(CSc2ccccn2)cc1)N1CC(N2CCCCC2)C1. The number of hydrogen-bond acceptors (Lipinski definition) is 4. The summed E-state index contributed by atoms with van der Waals surface area (Å²) in [5.74, 6) is 1.04. The number of hydrogen-bond donors (Lipinski definition) is 0. The van der Waals surface area contributed by atoms with Crippen LogP contribution in [0, 0.1) is 0 Å². The van der Waals surface area contributed by atoms with Crippen LogP contribution in [0.1, 0.15) is 35.2 Å². The van der Waals surface area contributed by atoms with Gasteiger partial charge < -0.3 is 4.90 Å². The molecular weight excluding hydrogens is 342 g/mol. The number of rotatable bonds is 5. The van der Waals surface area contributed by atoms with Gasteiger partial charge in [-0.15, -0.1) is 11.8 Å². The van der Waals surface area contributed by atoms with Crippen LogP contribution >= 0.6 is 11.8 Å². The van der Waals surface area contributed by atoms with Crippen molar-refractivity contribution in [2.24, 2.45) is 0 Å². The van der Waals surface area contributed by atoms with Crippen molar-refractivity contribution in [3.63, 3.8) is 0 Å². The Bertz CT molecular complexity index is 723. The van der Waals surface area contributed by atoms with E-state index in [0.717, 1.165) is 29.4 Å². The Morgan fingerprint density at radius 1 is 1.04 bits per heavy atom. The number of carbonyl (C=O) groups is 1. The number of amides is 1. The third kappa shape index (κ3) is 4.10. The Kier molecular flexibility index (Phi) is 5.56. The summed E-state index contributed by atoms with van der Waals surface area (Å²) in [6.45, 7) is 4.18. The molecule has 2 aliphatic rings. The maximum absolute atomic E-state index is 12.6. The predicted molar refractivity (Wildman–Crippen MR) is 105 cm³/mol. The molecule has 0 aliphatic carbocycles. The van der Waals surface area contributed by atoms with E-state index in [-0.39, 0.29) is 5.91 Å². The lowest BCUT2D eigenvalue weighted by Crippen LogP contribution is -2.61. The number of carbonyl (C=O) groups excluding carboxylic acids is 1. The van der Waals surface area contributed by atoms with Gasteiger partial charge >= 0.3 is 0 Å². The molecule has 0 atom stereocenters. The largest absolute Gasteiger partial charge is 0.335 e. The molecular formula is C21H25N3OS. The monoisotopic (exact) mass is 367 g/mol. The Morgan fingerprint density at radius 2 is 1.81 bits per heavy atom. The maximum Gasteiger partial charge on any atom is 0.253 e. The highest BCUT2D eigenvalue weighted by molar-refractivity contribution is 7.98. The minimum absolute atomic E-state index is 0.169. The quantitative estimate of drug-likeness (QED) is 0.756. The van der Waals surface area contributed by atoms with Crippen LogP contribution in [0.5, 0.6) is 0 Å². The second-order valence-corrected chi connectivity index (χ2v) is 8.11. The van der Waals surface area contributed by atoms with E-state index in [1.165, 1.54) is 37.9 Å². The summed E-state index contributed by atoms with van der Waals surface area (Å²) in [6.07, 6.45) is 5.79. The van der Waals surface area contributed by atoms with Crippen LogP contribution in [0.3, 0.4) is 0 Å². The third-order valence-electron chi connectivity index (χ3n) is 5.28. The average Bonchev–Trinajstić information content (AvgIpc) is 2.67. The average molecular weight is 368 g/mol. The molecule has 0 N–H and O–H groups in total. The number of benzene rings is 1. The summed E-state index contributed by atoms with van der Waals surface area (Å²) in [5, 5.41) is 1.02. The Labute approximate surface area is 159 Å². The van der Waals surface area contributed by atoms with Crippen LogP contribution in [0.4, 0.5) is 0 Å². The molecule has 0 bridgehead atoms. The fourth-order valence-corrected chi connectivity index (χ4v) is 4.47. The lowest BCUT2D eigenvalue weighted by atomic mass is 10.0. The maximum atomic E-state index is 12.6. The molecule has 5 heteroatoms. The molecule has 4 nitrogen and oxygen atoms in total. The molecule has 0 unspecified atom stereocenters. The van der Waals surface area contributed by atoms with E-state index in [4.69, 9.17) is 0 Å². The molecule has 136 valence electrons. The van der Waals surface area contributed by atoms with E-state index in [2.05, 4.69) is 22.0 Å². The van der Waals surface area contributed by atoms with Crippen molar-refractivity contribution in [3.05, 3.63) is 59.8 Å². The zero-order chi connectivity index (χ0) is 17.8. The number of pyridine rings is 1. The number of thioether (sulfide) groups is 1. The fraction of sp³-hybridized carbons (Fsp3) is 0.429. The fourth-order valence-electron chi connectivity index (χ4n) is 3.65. The summed E-state index contributed by atoms with van der Waals surface area (Å²) in [7, 11) is 0. The molecule has 0 radical (unpaired) electrons. The van der Waals surface area contributed by atoms with E-state index in [1.54, 1.807) is 11.8 Å². The number of nitrogens with zero attached hydrogens (tertiary/aromatic N) is 3. The first-order valence-corrected chi connectivity index (χ1v) is 10.4. The van der Waals surface area contributed by atoms with E-state index < -0.39 is 0 Å². The lowest BCUT2D eigenvalue weighted by Gasteiger charge is -2.46. The minimum atomic E-state index is 0.169. The highest BCUT2D eigenvalue weighted by Crippen LogP contribution is 2.23. The van der Waals surface area contributed by atoms with Crippen LogP contribution in [0.15, 0.2) is 53.7 Å². The molecule has 2 aliphatic heterocycles. The molecule has 1 amide bonds. The van der Waals surface area contributed by atoms with Gasteiger partial charge in [0.2, 0.25) is 0 Å². The van der Waals surface area contributed by atoms with E-state index in [9.17, 15) is 4.79 Å². The zero-order valence-electron chi connectivity index (χ0n) is 15.0. The first-order chi connectivity index (χ1) is 12.8. The first-order valence-electron chi connectivity index (χ1n) is 9.46. The number of likely N-dealkylation sites (tertiary alicyclic amines) is 2. The van der Waals surface area contributed by atoms with Gasteiger partial charge in [-0.25, -0.2) is 4.98 Å². The van der Waals surface area contributed by atoms with Crippen molar-refractivity contribution < 1.29 is 4.79 Å². The molecule has 2 fully saturated rings. The molecule has 4 rings (SSSR count). The molecule has 1 aromatic carbocycles. The number of aromatic nitrogens is 1. The molecule has 0 spiro atoms. The second kappa shape index (κ2) is 8.23. The van der Waals surface area contributed by atoms with E-state index in [0.29, 0.717) is 6.04 Å². The Morgan fingerprint density at radius 3 is 2.50 bits per heavy atom. The van der Waals surface area contributed by atoms with Gasteiger partial charge in [0, 0.05) is 36.6 Å². The van der Waals surface area contributed by atoms with Crippen LogP contribution in [-0.2, 0) is 5.75 Å². The Hall–Kier alpha value is -1.85. The second-order valence-electron chi connectivity index (χ2n) is 7.11. The van der Waals surface area contributed by atoms with Crippen molar-refractivity contribution in [2.45, 2.75) is 36.1 Å². The van der Waals surface area contributed by atoms with Gasteiger partial charge in [-0.2, -0.15) is 0 Å². The first kappa shape index (κ1) is 17.6. The van der Waals surface area contributed by atoms with Crippen molar-refractivity contribution in [3.8, 4) is 0 Å². The molecule has 26 heavy (non-hydrogen) atoms. The standard InChI is InChI=1S/C21H25N3OS/c25-21(24-14-19(15-24)23-12-4-1-5-13-23)18-9-7-17(8-10-18)16-26-20-6-2-3-11-22-20/h2-3,6-11,19H,1,4-5,12-16H2. The Balaban J connectivity index is 1.27. The normalized spacial score (nSPS) is 18.5. The van der Waals surface area contributed by atoms with Gasteiger partial charge in [0.15, 0.2) is 0 Å². The van der Waals surface area contributed by atoms with Gasteiger partial charge in [0.1, 0.15) is 0 Å². The summed E-state index contributed by atoms with van der Waals surface area (Å²) in [4.78, 5) is 21.5. The smallest absolute Gasteiger partial charge is 0.253 e. The van der Waals surface area contributed by atoms with Gasteiger partial charge in [0.25, 0.3) is 5.91 Å². The van der Waals surface area contributed by atoms with Crippen molar-refractivity contribution in [2.75, 3.05) is 26.2 Å². The summed E-state index contributed by atoms with van der Waals surface area (Å²) in [5.41, 5.74) is 2.01. The van der Waals surface area contributed by atoms with Crippen LogP contribution in [-0.4, -0.2) is 52.9 Å². The molecule has 2 aromatic rings. The highest BCUT2D eigenvalue weighted by atomic mass is 32.2. The minimum Gasteiger partial charge on any atom is -0.335 e. The lowest BCUT2D eigenvalue weighted by molar-refractivity contribution is 0.0203. The molecule has 3 heterocycles. The van der Waals surface area contributed by atoms with Gasteiger partial charge in [0.05, 0.1) is 5.03 Å². The van der Waals surface area contributed by atoms with E-state index in [1.807, 2.05) is 41.4 Å². The van der Waals surface area contributed by atoms with Gasteiger partial charge in [-0.1, -0.05) is 24.6 Å². The molecule has 2 saturated heterocycles. The van der Waals surface area contributed by atoms with Crippen molar-refractivity contribution in [1.82, 2.24) is 14.8 Å². The number of piperidine rings is 1.